The number of hydrogen-bond acceptors (Lipinski definition) is 3. The van der Waals surface area contributed by atoms with Crippen LogP contribution < -0.4 is 4.72 Å². The maximum Gasteiger partial charge on any atom is 0.230 e. The van der Waals surface area contributed by atoms with E-state index in [2.05, 4.69) is 11.6 Å². The second-order valence-corrected chi connectivity index (χ2v) is 6.22. The Labute approximate surface area is 99.1 Å². The summed E-state index contributed by atoms with van der Waals surface area (Å²) in [5.74, 6) is 0. The molecule has 1 unspecified atom stereocenters. The quantitative estimate of drug-likeness (QED) is 0.667. The minimum atomic E-state index is -3.53. The zero-order valence-corrected chi connectivity index (χ0v) is 11.2. The van der Waals surface area contributed by atoms with Gasteiger partial charge < -0.3 is 0 Å². The second-order valence-electron chi connectivity index (χ2n) is 4.02. The van der Waals surface area contributed by atoms with Crippen LogP contribution in [0.4, 0.5) is 0 Å². The molecule has 5 heteroatoms. The van der Waals surface area contributed by atoms with E-state index in [9.17, 15) is 13.7 Å². The number of hydrogen-bond donors (Lipinski definition) is 1. The molecule has 0 radical (unpaired) electrons. The van der Waals surface area contributed by atoms with Gasteiger partial charge in [0, 0.05) is 0 Å². The molecule has 0 fully saturated rings. The Morgan fingerprint density at radius 3 is 2.19 bits per heavy atom. The molecule has 1 N–H and O–H groups in total. The highest BCUT2D eigenvalue weighted by atomic mass is 32.2. The molecule has 0 amide bonds. The number of nitrogens with one attached hydrogen (secondary N) is 1. The van der Waals surface area contributed by atoms with Gasteiger partial charge in [0.2, 0.25) is 10.0 Å². The van der Waals surface area contributed by atoms with Crippen molar-refractivity contribution >= 4 is 10.0 Å². The number of unbranched alkanes of at least 4 members (excludes halogenated alkanes) is 2. The average Bonchev–Trinajstić information content (AvgIpc) is 2.28. The van der Waals surface area contributed by atoms with Crippen molar-refractivity contribution in [3.8, 4) is 6.07 Å². The van der Waals surface area contributed by atoms with Crippen LogP contribution in [-0.2, 0) is 10.0 Å². The molecular weight excluding hydrogens is 224 g/mol. The fourth-order valence-corrected chi connectivity index (χ4v) is 3.22. The molecule has 0 heterocycles. The van der Waals surface area contributed by atoms with Crippen molar-refractivity contribution in [1.82, 2.24) is 4.72 Å². The molecule has 0 spiro atoms. The van der Waals surface area contributed by atoms with E-state index in [0.29, 0.717) is 19.3 Å². The van der Waals surface area contributed by atoms with Gasteiger partial charge in [-0.15, -0.1) is 0 Å². The molecule has 0 rings (SSSR count). The summed E-state index contributed by atoms with van der Waals surface area (Å²) in [4.78, 5) is 0. The lowest BCUT2D eigenvalue weighted by atomic mass is 9.97. The number of nitriles is 1. The Bertz CT molecular complexity index is 332. The molecule has 0 aliphatic rings. The lowest BCUT2D eigenvalue weighted by Gasteiger charge is -2.25. The third-order valence-corrected chi connectivity index (χ3v) is 4.89. The van der Waals surface area contributed by atoms with Crippen LogP contribution in [0.3, 0.4) is 0 Å². The van der Waals surface area contributed by atoms with E-state index in [4.69, 9.17) is 0 Å². The summed E-state index contributed by atoms with van der Waals surface area (Å²) in [7, 11) is -2.15. The molecule has 0 saturated carbocycles. The van der Waals surface area contributed by atoms with Crippen LogP contribution in [0.2, 0.25) is 0 Å². The van der Waals surface area contributed by atoms with Gasteiger partial charge in [0.25, 0.3) is 0 Å². The lowest BCUT2D eigenvalue weighted by Crippen LogP contribution is -2.43. The average molecular weight is 246 g/mol. The summed E-state index contributed by atoms with van der Waals surface area (Å²) in [5, 5.41) is 9.20. The monoisotopic (exact) mass is 246 g/mol. The van der Waals surface area contributed by atoms with Crippen molar-refractivity contribution in [3.63, 3.8) is 0 Å². The minimum Gasteiger partial charge on any atom is -0.217 e. The van der Waals surface area contributed by atoms with Crippen molar-refractivity contribution in [2.45, 2.75) is 57.1 Å². The topological polar surface area (TPSA) is 70.0 Å². The van der Waals surface area contributed by atoms with E-state index >= 15 is 0 Å². The summed E-state index contributed by atoms with van der Waals surface area (Å²) in [5.41, 5.74) is 0. The third-order valence-electron chi connectivity index (χ3n) is 2.82. The third kappa shape index (κ3) is 3.46. The molecule has 0 aliphatic carbocycles. The van der Waals surface area contributed by atoms with Gasteiger partial charge in [-0.2, -0.15) is 5.26 Å². The van der Waals surface area contributed by atoms with Gasteiger partial charge in [0.15, 0.2) is 4.75 Å². The van der Waals surface area contributed by atoms with Gasteiger partial charge in [-0.25, -0.2) is 13.1 Å². The Morgan fingerprint density at radius 1 is 1.19 bits per heavy atom. The Hall–Kier alpha value is -0.600. The summed E-state index contributed by atoms with van der Waals surface area (Å²) < 4.78 is 24.9. The van der Waals surface area contributed by atoms with Gasteiger partial charge >= 0.3 is 0 Å². The van der Waals surface area contributed by atoms with Crippen molar-refractivity contribution < 1.29 is 8.42 Å². The van der Waals surface area contributed by atoms with E-state index in [-0.39, 0.29) is 0 Å². The molecule has 0 aromatic rings. The van der Waals surface area contributed by atoms with Crippen LogP contribution in [0.15, 0.2) is 0 Å². The van der Waals surface area contributed by atoms with Crippen LogP contribution in [-0.4, -0.2) is 20.2 Å². The molecular formula is C11H22N2O2S. The van der Waals surface area contributed by atoms with Gasteiger partial charge in [0.1, 0.15) is 0 Å². The van der Waals surface area contributed by atoms with E-state index in [0.717, 1.165) is 19.3 Å². The zero-order chi connectivity index (χ0) is 12.7. The summed E-state index contributed by atoms with van der Waals surface area (Å²) in [6, 6.07) is 2.02. The van der Waals surface area contributed by atoms with Crippen molar-refractivity contribution in [2.75, 3.05) is 7.05 Å². The minimum absolute atomic E-state index is 0.399. The Morgan fingerprint density at radius 2 is 1.81 bits per heavy atom. The molecule has 0 saturated heterocycles. The summed E-state index contributed by atoms with van der Waals surface area (Å²) in [6.07, 6.45) is 4.29. The highest BCUT2D eigenvalue weighted by Gasteiger charge is 2.41. The first-order valence-electron chi connectivity index (χ1n) is 5.84. The van der Waals surface area contributed by atoms with Crippen LogP contribution in [0.5, 0.6) is 0 Å². The van der Waals surface area contributed by atoms with Crippen molar-refractivity contribution in [2.24, 2.45) is 0 Å². The van der Waals surface area contributed by atoms with Crippen LogP contribution in [0.1, 0.15) is 52.4 Å². The predicted octanol–water partition coefficient (Wildman–Crippen LogP) is 2.18. The van der Waals surface area contributed by atoms with Gasteiger partial charge in [-0.05, 0) is 19.9 Å². The SMILES string of the molecule is CCCCCC(C#N)(CCC)S(=O)(=O)NC. The number of sulfonamides is 1. The molecule has 16 heavy (non-hydrogen) atoms. The van der Waals surface area contributed by atoms with Crippen molar-refractivity contribution in [3.05, 3.63) is 0 Å². The van der Waals surface area contributed by atoms with Crippen LogP contribution in [0, 0.1) is 11.3 Å². The smallest absolute Gasteiger partial charge is 0.217 e. The van der Waals surface area contributed by atoms with Crippen LogP contribution in [0.25, 0.3) is 0 Å². The van der Waals surface area contributed by atoms with E-state index in [1.54, 1.807) is 0 Å². The fourth-order valence-electron chi connectivity index (χ4n) is 1.83. The van der Waals surface area contributed by atoms with E-state index < -0.39 is 14.8 Å². The Balaban J connectivity index is 4.95. The number of nitrogens with zero attached hydrogens (tertiary/aromatic N) is 1. The molecule has 0 aromatic carbocycles. The first-order valence-corrected chi connectivity index (χ1v) is 7.32. The Kier molecular flexibility index (Phi) is 6.61. The van der Waals surface area contributed by atoms with Gasteiger partial charge in [-0.3, -0.25) is 0 Å². The summed E-state index contributed by atoms with van der Waals surface area (Å²) >= 11 is 0. The molecule has 0 aromatic heterocycles. The van der Waals surface area contributed by atoms with E-state index in [1.165, 1.54) is 7.05 Å². The molecule has 0 bridgehead atoms. The first kappa shape index (κ1) is 15.4. The lowest BCUT2D eigenvalue weighted by molar-refractivity contribution is 0.488. The maximum atomic E-state index is 11.9. The fraction of sp³-hybridized carbons (Fsp3) is 0.909. The molecule has 1 atom stereocenters. The highest BCUT2D eigenvalue weighted by Crippen LogP contribution is 2.28. The second kappa shape index (κ2) is 6.87. The summed E-state index contributed by atoms with van der Waals surface area (Å²) in [6.45, 7) is 3.96. The van der Waals surface area contributed by atoms with Crippen LogP contribution >= 0.6 is 0 Å². The van der Waals surface area contributed by atoms with Gasteiger partial charge in [0.05, 0.1) is 6.07 Å². The largest absolute Gasteiger partial charge is 0.230 e. The number of rotatable bonds is 8. The van der Waals surface area contributed by atoms with E-state index in [1.807, 2.05) is 13.0 Å². The molecule has 0 aliphatic heterocycles. The predicted molar refractivity (Wildman–Crippen MR) is 65.4 cm³/mol. The van der Waals surface area contributed by atoms with Gasteiger partial charge in [-0.1, -0.05) is 39.5 Å². The zero-order valence-electron chi connectivity index (χ0n) is 10.4. The normalized spacial score (nSPS) is 15.4. The molecule has 94 valence electrons. The molecule has 4 nitrogen and oxygen atoms in total. The standard InChI is InChI=1S/C11H22N2O2S/c1-4-6-7-9-11(10-12,8-5-2)16(14,15)13-3/h13H,4-9H2,1-3H3. The highest BCUT2D eigenvalue weighted by molar-refractivity contribution is 7.91. The first-order chi connectivity index (χ1) is 7.49. The maximum absolute atomic E-state index is 11.9. The van der Waals surface area contributed by atoms with Crippen molar-refractivity contribution in [1.29, 1.82) is 5.26 Å².